The maximum atomic E-state index is 12.5. The fourth-order valence-electron chi connectivity index (χ4n) is 3.27. The lowest BCUT2D eigenvalue weighted by atomic mass is 10.0. The van der Waals surface area contributed by atoms with Crippen LogP contribution in [0.15, 0.2) is 65.5 Å². The molecule has 0 atom stereocenters. The molecular weight excluding hydrogens is 308 g/mol. The Morgan fingerprint density at radius 1 is 0.960 bits per heavy atom. The fraction of sp³-hybridized carbons (Fsp3) is 0.182. The van der Waals surface area contributed by atoms with Gasteiger partial charge in [-0.2, -0.15) is 0 Å². The molecule has 4 aromatic rings. The van der Waals surface area contributed by atoms with Crippen molar-refractivity contribution in [1.82, 2.24) is 9.97 Å². The molecule has 0 fully saturated rings. The molecule has 0 saturated carbocycles. The number of nitrogens with zero attached hydrogens (tertiary/aromatic N) is 1. The van der Waals surface area contributed by atoms with E-state index in [0.29, 0.717) is 23.5 Å². The van der Waals surface area contributed by atoms with Crippen LogP contribution < -0.4 is 5.56 Å². The lowest BCUT2D eigenvalue weighted by Gasteiger charge is -2.09. The van der Waals surface area contributed by atoms with Gasteiger partial charge < -0.3 is 4.98 Å². The molecule has 0 radical (unpaired) electrons. The van der Waals surface area contributed by atoms with Crippen molar-refractivity contribution in [3.8, 4) is 0 Å². The Bertz CT molecular complexity index is 1120. The van der Waals surface area contributed by atoms with Crippen molar-refractivity contribution >= 4 is 21.7 Å². The summed E-state index contributed by atoms with van der Waals surface area (Å²) < 4.78 is 0. The van der Waals surface area contributed by atoms with E-state index in [4.69, 9.17) is 0 Å². The summed E-state index contributed by atoms with van der Waals surface area (Å²) in [5.41, 5.74) is 3.01. The summed E-state index contributed by atoms with van der Waals surface area (Å²) in [5, 5.41) is 3.06. The molecule has 1 N–H and O–H groups in total. The van der Waals surface area contributed by atoms with Crippen molar-refractivity contribution in [1.29, 1.82) is 0 Å². The number of nitrogens with one attached hydrogen (secondary N) is 1. The first kappa shape index (κ1) is 15.6. The summed E-state index contributed by atoms with van der Waals surface area (Å²) in [6.45, 7) is 4.25. The zero-order valence-corrected chi connectivity index (χ0v) is 14.4. The number of H-pyrrole nitrogens is 1. The van der Waals surface area contributed by atoms with E-state index in [1.807, 2.05) is 30.3 Å². The van der Waals surface area contributed by atoms with Gasteiger partial charge in [-0.1, -0.05) is 62.4 Å². The number of hydrogen-bond donors (Lipinski definition) is 1. The van der Waals surface area contributed by atoms with Crippen LogP contribution in [0.1, 0.15) is 36.7 Å². The molecule has 0 aliphatic heterocycles. The second-order valence-corrected chi connectivity index (χ2v) is 6.76. The van der Waals surface area contributed by atoms with Gasteiger partial charge in [0.1, 0.15) is 5.82 Å². The maximum absolute atomic E-state index is 12.5. The molecule has 4 rings (SSSR count). The Morgan fingerprint density at radius 3 is 2.60 bits per heavy atom. The number of aromatic amines is 1. The SMILES string of the molecule is CC(C)c1ccc2nc(Cc3cccc4ccccc34)[nH]c(=O)c2c1. The van der Waals surface area contributed by atoms with Crippen LogP contribution in [0.2, 0.25) is 0 Å². The van der Waals surface area contributed by atoms with Gasteiger partial charge in [-0.05, 0) is 39.9 Å². The number of fused-ring (bicyclic) bond motifs is 2. The number of hydrogen-bond acceptors (Lipinski definition) is 2. The number of aromatic nitrogens is 2. The Morgan fingerprint density at radius 2 is 1.76 bits per heavy atom. The molecule has 3 aromatic carbocycles. The van der Waals surface area contributed by atoms with Crippen LogP contribution in [0.4, 0.5) is 0 Å². The minimum absolute atomic E-state index is 0.0669. The number of benzene rings is 3. The van der Waals surface area contributed by atoms with Gasteiger partial charge >= 0.3 is 0 Å². The third kappa shape index (κ3) is 2.93. The topological polar surface area (TPSA) is 45.8 Å². The van der Waals surface area contributed by atoms with E-state index >= 15 is 0 Å². The molecule has 0 amide bonds. The third-order valence-electron chi connectivity index (χ3n) is 4.68. The van der Waals surface area contributed by atoms with Crippen molar-refractivity contribution < 1.29 is 0 Å². The lowest BCUT2D eigenvalue weighted by molar-refractivity contribution is 0.867. The molecule has 25 heavy (non-hydrogen) atoms. The summed E-state index contributed by atoms with van der Waals surface area (Å²) in [4.78, 5) is 20.2. The molecule has 0 aliphatic carbocycles. The highest BCUT2D eigenvalue weighted by atomic mass is 16.1. The third-order valence-corrected chi connectivity index (χ3v) is 4.68. The second-order valence-electron chi connectivity index (χ2n) is 6.76. The summed E-state index contributed by atoms with van der Waals surface area (Å²) in [6, 6.07) is 20.5. The van der Waals surface area contributed by atoms with Crippen LogP contribution in [-0.4, -0.2) is 9.97 Å². The summed E-state index contributed by atoms with van der Waals surface area (Å²) >= 11 is 0. The first-order chi connectivity index (χ1) is 12.1. The normalized spacial score (nSPS) is 11.5. The van der Waals surface area contributed by atoms with Crippen LogP contribution in [0, 0.1) is 0 Å². The van der Waals surface area contributed by atoms with Crippen LogP contribution in [0.3, 0.4) is 0 Å². The van der Waals surface area contributed by atoms with Crippen molar-refractivity contribution in [3.63, 3.8) is 0 Å². The van der Waals surface area contributed by atoms with E-state index in [1.165, 1.54) is 16.3 Å². The van der Waals surface area contributed by atoms with Gasteiger partial charge in [0, 0.05) is 6.42 Å². The van der Waals surface area contributed by atoms with Crippen LogP contribution in [-0.2, 0) is 6.42 Å². The van der Waals surface area contributed by atoms with Crippen molar-refractivity contribution in [2.75, 3.05) is 0 Å². The Kier molecular flexibility index (Phi) is 3.85. The molecular formula is C22H20N2O. The summed E-state index contributed by atoms with van der Waals surface area (Å²) in [7, 11) is 0. The number of rotatable bonds is 3. The van der Waals surface area contributed by atoms with E-state index < -0.39 is 0 Å². The highest BCUT2D eigenvalue weighted by Gasteiger charge is 2.09. The van der Waals surface area contributed by atoms with Gasteiger partial charge in [0.2, 0.25) is 0 Å². The fourth-order valence-corrected chi connectivity index (χ4v) is 3.27. The van der Waals surface area contributed by atoms with E-state index in [0.717, 1.165) is 11.1 Å². The van der Waals surface area contributed by atoms with Gasteiger partial charge in [0.15, 0.2) is 0 Å². The van der Waals surface area contributed by atoms with Gasteiger partial charge in [-0.3, -0.25) is 4.79 Å². The van der Waals surface area contributed by atoms with E-state index in [9.17, 15) is 4.79 Å². The molecule has 0 spiro atoms. The summed E-state index contributed by atoms with van der Waals surface area (Å²) in [6.07, 6.45) is 0.610. The first-order valence-corrected chi connectivity index (χ1v) is 8.61. The minimum Gasteiger partial charge on any atom is -0.310 e. The van der Waals surface area contributed by atoms with Gasteiger partial charge in [0.25, 0.3) is 5.56 Å². The van der Waals surface area contributed by atoms with E-state index in [-0.39, 0.29) is 5.56 Å². The minimum atomic E-state index is -0.0669. The zero-order valence-electron chi connectivity index (χ0n) is 14.4. The maximum Gasteiger partial charge on any atom is 0.258 e. The van der Waals surface area contributed by atoms with Crippen LogP contribution in [0.5, 0.6) is 0 Å². The molecule has 0 aliphatic rings. The predicted molar refractivity (Wildman–Crippen MR) is 103 cm³/mol. The smallest absolute Gasteiger partial charge is 0.258 e. The largest absolute Gasteiger partial charge is 0.310 e. The van der Waals surface area contributed by atoms with Crippen LogP contribution in [0.25, 0.3) is 21.7 Å². The lowest BCUT2D eigenvalue weighted by Crippen LogP contribution is -2.12. The van der Waals surface area contributed by atoms with E-state index in [2.05, 4.69) is 54.1 Å². The molecule has 0 bridgehead atoms. The molecule has 124 valence electrons. The zero-order chi connectivity index (χ0) is 17.4. The van der Waals surface area contributed by atoms with E-state index in [1.54, 1.807) is 0 Å². The molecule has 0 saturated heterocycles. The predicted octanol–water partition coefficient (Wildman–Crippen LogP) is 4.79. The van der Waals surface area contributed by atoms with Crippen LogP contribution >= 0.6 is 0 Å². The Labute approximate surface area is 146 Å². The average Bonchev–Trinajstić information content (AvgIpc) is 2.62. The summed E-state index contributed by atoms with van der Waals surface area (Å²) in [5.74, 6) is 1.09. The van der Waals surface area contributed by atoms with Crippen molar-refractivity contribution in [3.05, 3.63) is 88.0 Å². The van der Waals surface area contributed by atoms with Gasteiger partial charge in [-0.25, -0.2) is 4.98 Å². The van der Waals surface area contributed by atoms with Crippen molar-refractivity contribution in [2.45, 2.75) is 26.2 Å². The van der Waals surface area contributed by atoms with Gasteiger partial charge in [0.05, 0.1) is 10.9 Å². The molecule has 3 heteroatoms. The first-order valence-electron chi connectivity index (χ1n) is 8.61. The second kappa shape index (κ2) is 6.17. The Balaban J connectivity index is 1.79. The molecule has 1 aromatic heterocycles. The standard InChI is InChI=1S/C22H20N2O/c1-14(2)16-10-11-20-19(12-16)22(25)24-21(23-20)13-17-8-5-7-15-6-3-4-9-18(15)17/h3-12,14H,13H2,1-2H3,(H,23,24,25). The molecule has 0 unspecified atom stereocenters. The quantitative estimate of drug-likeness (QED) is 0.587. The molecule has 3 nitrogen and oxygen atoms in total. The molecule has 1 heterocycles. The average molecular weight is 328 g/mol. The monoisotopic (exact) mass is 328 g/mol. The Hall–Kier alpha value is -2.94. The highest BCUT2D eigenvalue weighted by molar-refractivity contribution is 5.86. The highest BCUT2D eigenvalue weighted by Crippen LogP contribution is 2.21. The van der Waals surface area contributed by atoms with Crippen molar-refractivity contribution in [2.24, 2.45) is 0 Å². The van der Waals surface area contributed by atoms with Gasteiger partial charge in [-0.15, -0.1) is 0 Å².